The minimum Gasteiger partial charge on any atom is -0.497 e. The van der Waals surface area contributed by atoms with Crippen LogP contribution in [-0.2, 0) is 20.9 Å². The number of hydrogen-bond acceptors (Lipinski definition) is 6. The molecular formula is C26H29N3O5. The second-order valence-electron chi connectivity index (χ2n) is 8.56. The monoisotopic (exact) mass is 463 g/mol. The van der Waals surface area contributed by atoms with E-state index in [4.69, 9.17) is 9.47 Å². The molecule has 1 saturated heterocycles. The number of hydrogen-bond donors (Lipinski definition) is 1. The van der Waals surface area contributed by atoms with Crippen molar-refractivity contribution in [1.29, 1.82) is 0 Å². The van der Waals surface area contributed by atoms with Gasteiger partial charge >= 0.3 is 5.97 Å². The largest absolute Gasteiger partial charge is 0.497 e. The number of aryl methyl sites for hydroxylation is 1. The number of aromatic nitrogens is 2. The van der Waals surface area contributed by atoms with E-state index in [-0.39, 0.29) is 30.3 Å². The number of fused-ring (bicyclic) bond motifs is 1. The predicted octanol–water partition coefficient (Wildman–Crippen LogP) is 3.67. The maximum absolute atomic E-state index is 13.2. The van der Waals surface area contributed by atoms with E-state index in [0.29, 0.717) is 23.2 Å². The van der Waals surface area contributed by atoms with Crippen LogP contribution in [0.2, 0.25) is 0 Å². The van der Waals surface area contributed by atoms with Crippen molar-refractivity contribution < 1.29 is 19.1 Å². The Morgan fingerprint density at radius 2 is 1.94 bits per heavy atom. The molecule has 8 heteroatoms. The summed E-state index contributed by atoms with van der Waals surface area (Å²) in [7, 11) is 1.59. The van der Waals surface area contributed by atoms with Crippen LogP contribution < -0.4 is 10.3 Å². The average Bonchev–Trinajstić information content (AvgIpc) is 3.18. The molecule has 8 nitrogen and oxygen atoms in total. The standard InChI is InChI=1S/C26H29N3O5/c1-4-5-13-29-22(30)14-20(24(29)17-9-11-18(33-3)12-10-17)26(32)34-15-21-27-23-16(2)7-6-8-19(23)25(31)28-21/h6-12,20,24H,4-5,13-15H2,1-3H3,(H,27,28,31). The Morgan fingerprint density at radius 3 is 2.65 bits per heavy atom. The van der Waals surface area contributed by atoms with Crippen molar-refractivity contribution in [1.82, 2.24) is 14.9 Å². The van der Waals surface area contributed by atoms with Crippen LogP contribution in [0.4, 0.5) is 0 Å². The summed E-state index contributed by atoms with van der Waals surface area (Å²) in [6, 6.07) is 12.4. The molecule has 1 aromatic heterocycles. The maximum atomic E-state index is 13.2. The zero-order valence-electron chi connectivity index (χ0n) is 19.7. The molecule has 4 rings (SSSR count). The SMILES string of the molecule is CCCCN1C(=O)CC(C(=O)OCc2nc3c(C)cccc3c(=O)[nH]2)C1c1ccc(OC)cc1. The molecule has 2 heterocycles. The van der Waals surface area contributed by atoms with Crippen LogP contribution in [0.1, 0.15) is 49.2 Å². The first-order valence-corrected chi connectivity index (χ1v) is 11.5. The number of amides is 1. The van der Waals surface area contributed by atoms with Gasteiger partial charge in [-0.2, -0.15) is 0 Å². The summed E-state index contributed by atoms with van der Waals surface area (Å²) in [6.45, 7) is 4.34. The minimum absolute atomic E-state index is 0.0657. The van der Waals surface area contributed by atoms with Crippen molar-refractivity contribution in [2.45, 2.75) is 45.8 Å². The number of ether oxygens (including phenoxy) is 2. The Hall–Kier alpha value is -3.68. The van der Waals surface area contributed by atoms with Crippen molar-refractivity contribution >= 4 is 22.8 Å². The van der Waals surface area contributed by atoms with Gasteiger partial charge in [0.15, 0.2) is 0 Å². The molecule has 34 heavy (non-hydrogen) atoms. The van der Waals surface area contributed by atoms with Gasteiger partial charge < -0.3 is 19.4 Å². The van der Waals surface area contributed by atoms with E-state index < -0.39 is 17.9 Å². The third kappa shape index (κ3) is 4.66. The van der Waals surface area contributed by atoms with E-state index in [0.717, 1.165) is 24.0 Å². The van der Waals surface area contributed by atoms with Crippen molar-refractivity contribution in [3.63, 3.8) is 0 Å². The van der Waals surface area contributed by atoms with Crippen molar-refractivity contribution in [2.24, 2.45) is 5.92 Å². The molecule has 1 amide bonds. The van der Waals surface area contributed by atoms with Gasteiger partial charge in [0, 0.05) is 13.0 Å². The Labute approximate surface area is 197 Å². The van der Waals surface area contributed by atoms with Gasteiger partial charge in [0.1, 0.15) is 18.2 Å². The lowest BCUT2D eigenvalue weighted by Gasteiger charge is -2.28. The summed E-state index contributed by atoms with van der Waals surface area (Å²) in [4.78, 5) is 47.4. The summed E-state index contributed by atoms with van der Waals surface area (Å²) in [5, 5.41) is 0.489. The number of unbranched alkanes of at least 4 members (excludes halogenated alkanes) is 1. The molecule has 1 aliphatic heterocycles. The fraction of sp³-hybridized carbons (Fsp3) is 0.385. The van der Waals surface area contributed by atoms with Crippen LogP contribution in [0, 0.1) is 12.8 Å². The number of carbonyl (C=O) groups excluding carboxylic acids is 2. The predicted molar refractivity (Wildman–Crippen MR) is 127 cm³/mol. The fourth-order valence-electron chi connectivity index (χ4n) is 4.47. The van der Waals surface area contributed by atoms with Crippen LogP contribution in [0.3, 0.4) is 0 Å². The first-order chi connectivity index (χ1) is 16.4. The maximum Gasteiger partial charge on any atom is 0.312 e. The van der Waals surface area contributed by atoms with Gasteiger partial charge in [-0.15, -0.1) is 0 Å². The molecule has 2 aromatic carbocycles. The number of rotatable bonds is 8. The quantitative estimate of drug-likeness (QED) is 0.512. The zero-order chi connectivity index (χ0) is 24.2. The minimum atomic E-state index is -0.647. The zero-order valence-corrected chi connectivity index (χ0v) is 19.7. The summed E-state index contributed by atoms with van der Waals surface area (Å²) in [6.07, 6.45) is 1.87. The Morgan fingerprint density at radius 1 is 1.18 bits per heavy atom. The number of aromatic amines is 1. The third-order valence-corrected chi connectivity index (χ3v) is 6.28. The second kappa shape index (κ2) is 10.1. The number of likely N-dealkylation sites (tertiary alicyclic amines) is 1. The summed E-state index contributed by atoms with van der Waals surface area (Å²) < 4.78 is 10.8. The second-order valence-corrected chi connectivity index (χ2v) is 8.56. The molecular weight excluding hydrogens is 434 g/mol. The lowest BCUT2D eigenvalue weighted by atomic mass is 9.93. The Kier molecular flexibility index (Phi) is 6.95. The molecule has 178 valence electrons. The number of nitrogens with one attached hydrogen (secondary N) is 1. The highest BCUT2D eigenvalue weighted by Gasteiger charge is 2.45. The molecule has 2 unspecified atom stereocenters. The summed E-state index contributed by atoms with van der Waals surface area (Å²) in [5.74, 6) is -0.223. The first-order valence-electron chi connectivity index (χ1n) is 11.5. The first kappa shape index (κ1) is 23.5. The molecule has 0 aliphatic carbocycles. The molecule has 1 fully saturated rings. The normalized spacial score (nSPS) is 17.9. The van der Waals surface area contributed by atoms with E-state index in [1.807, 2.05) is 37.3 Å². The fourth-order valence-corrected chi connectivity index (χ4v) is 4.47. The smallest absolute Gasteiger partial charge is 0.312 e. The van der Waals surface area contributed by atoms with Crippen LogP contribution in [0.5, 0.6) is 5.75 Å². The van der Waals surface area contributed by atoms with Crippen LogP contribution in [0.25, 0.3) is 10.9 Å². The van der Waals surface area contributed by atoms with Crippen LogP contribution >= 0.6 is 0 Å². The number of nitrogens with zero attached hydrogens (tertiary/aromatic N) is 2. The van der Waals surface area contributed by atoms with Crippen LogP contribution in [0.15, 0.2) is 47.3 Å². The van der Waals surface area contributed by atoms with Gasteiger partial charge in [-0.1, -0.05) is 37.6 Å². The van der Waals surface area contributed by atoms with Gasteiger partial charge in [-0.25, -0.2) is 4.98 Å². The van der Waals surface area contributed by atoms with E-state index >= 15 is 0 Å². The molecule has 1 aliphatic rings. The van der Waals surface area contributed by atoms with Gasteiger partial charge in [-0.3, -0.25) is 14.4 Å². The highest BCUT2D eigenvalue weighted by molar-refractivity contribution is 5.88. The van der Waals surface area contributed by atoms with Gasteiger partial charge in [0.25, 0.3) is 5.56 Å². The highest BCUT2D eigenvalue weighted by atomic mass is 16.5. The molecule has 1 N–H and O–H groups in total. The van der Waals surface area contributed by atoms with Crippen molar-refractivity contribution in [3.05, 3.63) is 69.8 Å². The van der Waals surface area contributed by atoms with Crippen molar-refractivity contribution in [3.8, 4) is 5.75 Å². The number of H-pyrrole nitrogens is 1. The van der Waals surface area contributed by atoms with Gasteiger partial charge in [0.05, 0.1) is 30.0 Å². The Bertz CT molecular complexity index is 1250. The third-order valence-electron chi connectivity index (χ3n) is 6.28. The molecule has 0 spiro atoms. The van der Waals surface area contributed by atoms with Gasteiger partial charge in [-0.05, 0) is 42.7 Å². The lowest BCUT2D eigenvalue weighted by molar-refractivity contribution is -0.151. The number of benzene rings is 2. The Balaban J connectivity index is 1.56. The van der Waals surface area contributed by atoms with E-state index in [1.165, 1.54) is 0 Å². The van der Waals surface area contributed by atoms with E-state index in [1.54, 1.807) is 24.1 Å². The molecule has 0 bridgehead atoms. The summed E-state index contributed by atoms with van der Waals surface area (Å²) >= 11 is 0. The molecule has 0 radical (unpaired) electrons. The molecule has 3 aromatic rings. The number of esters is 1. The molecule has 2 atom stereocenters. The number of para-hydroxylation sites is 1. The van der Waals surface area contributed by atoms with Crippen molar-refractivity contribution in [2.75, 3.05) is 13.7 Å². The highest BCUT2D eigenvalue weighted by Crippen LogP contribution is 2.39. The van der Waals surface area contributed by atoms with Gasteiger partial charge in [0.2, 0.25) is 5.91 Å². The number of methoxy groups -OCH3 is 1. The topological polar surface area (TPSA) is 102 Å². The van der Waals surface area contributed by atoms with E-state index in [2.05, 4.69) is 16.9 Å². The lowest BCUT2D eigenvalue weighted by Crippen LogP contribution is -2.32. The summed E-state index contributed by atoms with van der Waals surface area (Å²) in [5.41, 5.74) is 2.02. The van der Waals surface area contributed by atoms with Crippen LogP contribution in [-0.4, -0.2) is 40.4 Å². The average molecular weight is 464 g/mol. The van der Waals surface area contributed by atoms with E-state index in [9.17, 15) is 14.4 Å². The number of carbonyl (C=O) groups is 2. The molecule has 0 saturated carbocycles.